The number of fused-ring (bicyclic) bond motifs is 1. The second-order valence-corrected chi connectivity index (χ2v) is 11.6. The molecular formula is C31H33ClN6O. The van der Waals surface area contributed by atoms with Crippen LogP contribution in [-0.4, -0.2) is 30.1 Å². The van der Waals surface area contributed by atoms with Gasteiger partial charge in [-0.15, -0.1) is 5.10 Å². The summed E-state index contributed by atoms with van der Waals surface area (Å²) < 4.78 is 1.82. The first-order valence-corrected chi connectivity index (χ1v) is 13.4. The molecule has 2 heterocycles. The number of rotatable bonds is 7. The van der Waals surface area contributed by atoms with Crippen LogP contribution in [0, 0.1) is 13.8 Å². The average molecular weight is 541 g/mol. The van der Waals surface area contributed by atoms with Crippen LogP contribution in [0.4, 0.5) is 0 Å². The van der Waals surface area contributed by atoms with Crippen molar-refractivity contribution in [3.8, 4) is 0 Å². The van der Waals surface area contributed by atoms with Crippen molar-refractivity contribution in [2.24, 2.45) is 0 Å². The summed E-state index contributed by atoms with van der Waals surface area (Å²) in [5, 5.41) is 14.6. The van der Waals surface area contributed by atoms with Crippen LogP contribution in [0.5, 0.6) is 0 Å². The quantitative estimate of drug-likeness (QED) is 0.261. The molecular weight excluding hydrogens is 508 g/mol. The van der Waals surface area contributed by atoms with E-state index in [1.165, 1.54) is 5.56 Å². The molecule has 0 aliphatic rings. The maximum atomic E-state index is 13.8. The van der Waals surface area contributed by atoms with Crippen molar-refractivity contribution in [3.63, 3.8) is 0 Å². The van der Waals surface area contributed by atoms with Crippen molar-refractivity contribution in [3.05, 3.63) is 122 Å². The fraction of sp³-hybridized carbons (Fsp3) is 0.290. The van der Waals surface area contributed by atoms with Gasteiger partial charge in [0.1, 0.15) is 6.04 Å². The van der Waals surface area contributed by atoms with Crippen molar-refractivity contribution >= 4 is 22.5 Å². The fourth-order valence-electron chi connectivity index (χ4n) is 4.92. The van der Waals surface area contributed by atoms with Crippen LogP contribution in [0.2, 0.25) is 5.02 Å². The van der Waals surface area contributed by atoms with Crippen molar-refractivity contribution in [2.45, 2.75) is 59.3 Å². The van der Waals surface area contributed by atoms with Crippen LogP contribution in [0.1, 0.15) is 60.5 Å². The number of benzene rings is 3. The van der Waals surface area contributed by atoms with E-state index in [9.17, 15) is 4.79 Å². The molecule has 2 aromatic heterocycles. The van der Waals surface area contributed by atoms with Gasteiger partial charge in [0.05, 0.1) is 5.54 Å². The lowest BCUT2D eigenvalue weighted by atomic mass is 9.99. The maximum absolute atomic E-state index is 13.8. The smallest absolute Gasteiger partial charge is 0.253 e. The van der Waals surface area contributed by atoms with Gasteiger partial charge in [-0.3, -0.25) is 9.69 Å². The van der Waals surface area contributed by atoms with Crippen molar-refractivity contribution < 1.29 is 0 Å². The molecule has 0 unspecified atom stereocenters. The number of pyridine rings is 1. The number of nitrogens with zero attached hydrogens (tertiary/aromatic N) is 5. The Morgan fingerprint density at radius 1 is 0.923 bits per heavy atom. The molecule has 0 aliphatic heterocycles. The summed E-state index contributed by atoms with van der Waals surface area (Å²) in [6, 6.07) is 23.7. The summed E-state index contributed by atoms with van der Waals surface area (Å²) in [5.74, 6) is 0.612. The van der Waals surface area contributed by atoms with Crippen LogP contribution in [0.15, 0.2) is 77.6 Å². The zero-order valence-corrected chi connectivity index (χ0v) is 23.7. The third kappa shape index (κ3) is 5.79. The Bertz CT molecular complexity index is 1650. The van der Waals surface area contributed by atoms with E-state index in [2.05, 4.69) is 78.2 Å². The summed E-state index contributed by atoms with van der Waals surface area (Å²) >= 11 is 6.20. The lowest BCUT2D eigenvalue weighted by Crippen LogP contribution is -2.37. The highest BCUT2D eigenvalue weighted by molar-refractivity contribution is 6.30. The minimum Gasteiger partial charge on any atom is -0.322 e. The summed E-state index contributed by atoms with van der Waals surface area (Å²) in [5.41, 5.74) is 5.34. The standard InChI is InChI=1S/C31H33ClN6O/c1-20-15-24-17-26(30(39)33-27(24)16-21(20)2)28(29-34-35-36-38(29)31(3,4)5)37(18-22-9-7-6-8-10-22)19-23-11-13-25(32)14-12-23/h6-17,28H,18-19H2,1-5H3,(H,33,39)/t28-/m1/s1. The molecule has 5 rings (SSSR count). The number of halogens is 1. The summed E-state index contributed by atoms with van der Waals surface area (Å²) in [4.78, 5) is 19.2. The highest BCUT2D eigenvalue weighted by atomic mass is 35.5. The fourth-order valence-corrected chi connectivity index (χ4v) is 5.04. The van der Waals surface area contributed by atoms with Crippen molar-refractivity contribution in [1.29, 1.82) is 0 Å². The molecule has 1 atom stereocenters. The van der Waals surface area contributed by atoms with E-state index in [4.69, 9.17) is 11.6 Å². The molecule has 0 spiro atoms. The number of aromatic nitrogens is 5. The second-order valence-electron chi connectivity index (χ2n) is 11.1. The Morgan fingerprint density at radius 3 is 2.23 bits per heavy atom. The van der Waals surface area contributed by atoms with E-state index >= 15 is 0 Å². The van der Waals surface area contributed by atoms with Gasteiger partial charge in [-0.05, 0) is 103 Å². The molecule has 39 heavy (non-hydrogen) atoms. The number of aromatic amines is 1. The molecule has 0 amide bonds. The monoisotopic (exact) mass is 540 g/mol. The molecule has 200 valence electrons. The van der Waals surface area contributed by atoms with Crippen LogP contribution < -0.4 is 5.56 Å². The molecule has 0 aliphatic carbocycles. The normalized spacial score (nSPS) is 12.8. The third-order valence-electron chi connectivity index (χ3n) is 7.05. The van der Waals surface area contributed by atoms with Crippen molar-refractivity contribution in [2.75, 3.05) is 0 Å². The summed E-state index contributed by atoms with van der Waals surface area (Å²) in [7, 11) is 0. The van der Waals surface area contributed by atoms with Gasteiger partial charge >= 0.3 is 0 Å². The van der Waals surface area contributed by atoms with E-state index < -0.39 is 11.6 Å². The van der Waals surface area contributed by atoms with Crippen LogP contribution in [0.3, 0.4) is 0 Å². The van der Waals surface area contributed by atoms with Crippen LogP contribution >= 0.6 is 11.6 Å². The zero-order valence-electron chi connectivity index (χ0n) is 22.9. The molecule has 1 N–H and O–H groups in total. The van der Waals surface area contributed by atoms with Gasteiger partial charge in [-0.25, -0.2) is 4.68 Å². The zero-order chi connectivity index (χ0) is 27.7. The number of hydrogen-bond donors (Lipinski definition) is 1. The Hall–Kier alpha value is -3.81. The Labute approximate surface area is 233 Å². The predicted molar refractivity (Wildman–Crippen MR) is 156 cm³/mol. The molecule has 7 nitrogen and oxygen atoms in total. The highest BCUT2D eigenvalue weighted by Gasteiger charge is 2.33. The van der Waals surface area contributed by atoms with Crippen LogP contribution in [0.25, 0.3) is 10.9 Å². The van der Waals surface area contributed by atoms with E-state index in [1.54, 1.807) is 0 Å². The average Bonchev–Trinajstić information content (AvgIpc) is 3.38. The van der Waals surface area contributed by atoms with Gasteiger partial charge in [0.15, 0.2) is 5.82 Å². The first kappa shape index (κ1) is 26.8. The Kier molecular flexibility index (Phi) is 7.38. The highest BCUT2D eigenvalue weighted by Crippen LogP contribution is 2.32. The molecule has 0 bridgehead atoms. The maximum Gasteiger partial charge on any atom is 0.253 e. The number of tetrazole rings is 1. The van der Waals surface area contributed by atoms with Gasteiger partial charge in [-0.2, -0.15) is 0 Å². The second kappa shape index (κ2) is 10.8. The van der Waals surface area contributed by atoms with Crippen molar-refractivity contribution in [1.82, 2.24) is 30.1 Å². The van der Waals surface area contributed by atoms with E-state index in [1.807, 2.05) is 59.3 Å². The third-order valence-corrected chi connectivity index (χ3v) is 7.30. The number of hydrogen-bond acceptors (Lipinski definition) is 5. The van der Waals surface area contributed by atoms with E-state index in [-0.39, 0.29) is 5.56 Å². The number of nitrogens with one attached hydrogen (secondary N) is 1. The van der Waals surface area contributed by atoms with Gasteiger partial charge in [0.2, 0.25) is 0 Å². The van der Waals surface area contributed by atoms with Gasteiger partial charge in [0.25, 0.3) is 5.56 Å². The molecule has 0 radical (unpaired) electrons. The molecule has 0 saturated heterocycles. The van der Waals surface area contributed by atoms with Gasteiger partial charge < -0.3 is 4.98 Å². The minimum absolute atomic E-state index is 0.159. The molecule has 8 heteroatoms. The Balaban J connectivity index is 1.74. The lowest BCUT2D eigenvalue weighted by Gasteiger charge is -2.33. The van der Waals surface area contributed by atoms with Gasteiger partial charge in [-0.1, -0.05) is 54.1 Å². The summed E-state index contributed by atoms with van der Waals surface area (Å²) in [6.07, 6.45) is 0. The topological polar surface area (TPSA) is 79.7 Å². The predicted octanol–water partition coefficient (Wildman–Crippen LogP) is 6.33. The molecule has 5 aromatic rings. The SMILES string of the molecule is Cc1cc2cc([C@H](c3nnnn3C(C)(C)C)N(Cc3ccccc3)Cc3ccc(Cl)cc3)c(=O)[nH]c2cc1C. The van der Waals surface area contributed by atoms with E-state index in [0.29, 0.717) is 29.5 Å². The Morgan fingerprint density at radius 2 is 1.56 bits per heavy atom. The minimum atomic E-state index is -0.523. The molecule has 3 aromatic carbocycles. The van der Waals surface area contributed by atoms with E-state index in [0.717, 1.165) is 27.6 Å². The number of H-pyrrole nitrogens is 1. The first-order chi connectivity index (χ1) is 18.6. The molecule has 0 saturated carbocycles. The molecule has 0 fully saturated rings. The first-order valence-electron chi connectivity index (χ1n) is 13.1. The van der Waals surface area contributed by atoms with Crippen LogP contribution in [-0.2, 0) is 18.6 Å². The largest absolute Gasteiger partial charge is 0.322 e. The van der Waals surface area contributed by atoms with Gasteiger partial charge in [0, 0.05) is 29.2 Å². The summed E-state index contributed by atoms with van der Waals surface area (Å²) in [6.45, 7) is 11.4. The number of aryl methyl sites for hydroxylation is 2. The lowest BCUT2D eigenvalue weighted by molar-refractivity contribution is 0.184.